The minimum Gasteiger partial charge on any atom is -0.396 e. The van der Waals surface area contributed by atoms with Crippen molar-refractivity contribution in [3.05, 3.63) is 22.8 Å². The molecule has 5 nitrogen and oxygen atoms in total. The molecular formula is C11H15BrN4O. The maximum absolute atomic E-state index is 8.94. The van der Waals surface area contributed by atoms with E-state index < -0.39 is 0 Å². The highest BCUT2D eigenvalue weighted by Crippen LogP contribution is 2.17. The molecule has 2 N–H and O–H groups in total. The van der Waals surface area contributed by atoms with Crippen molar-refractivity contribution in [1.82, 2.24) is 14.6 Å². The number of fused-ring (bicyclic) bond motifs is 1. The summed E-state index contributed by atoms with van der Waals surface area (Å²) in [6, 6.07) is 4.04. The molecule has 0 spiro atoms. The molecule has 0 aromatic carbocycles. The second-order valence-corrected chi connectivity index (χ2v) is 4.68. The van der Waals surface area contributed by atoms with Gasteiger partial charge in [0.1, 0.15) is 0 Å². The van der Waals surface area contributed by atoms with Crippen LogP contribution in [0.1, 0.15) is 19.8 Å². The molecule has 0 aliphatic heterocycles. The first kappa shape index (κ1) is 12.3. The first-order chi connectivity index (χ1) is 8.24. The number of pyridine rings is 1. The number of hydrogen-bond donors (Lipinski definition) is 2. The lowest BCUT2D eigenvalue weighted by Gasteiger charge is -2.13. The van der Waals surface area contributed by atoms with Crippen LogP contribution in [0.25, 0.3) is 5.65 Å². The summed E-state index contributed by atoms with van der Waals surface area (Å²) in [5, 5.41) is 16.5. The normalized spacial score (nSPS) is 12.9. The van der Waals surface area contributed by atoms with Crippen LogP contribution in [0, 0.1) is 0 Å². The smallest absolute Gasteiger partial charge is 0.243 e. The second-order valence-electron chi connectivity index (χ2n) is 3.82. The monoisotopic (exact) mass is 298 g/mol. The summed E-state index contributed by atoms with van der Waals surface area (Å²) in [5.41, 5.74) is 0.786. The van der Waals surface area contributed by atoms with Gasteiger partial charge in [-0.15, -0.1) is 5.10 Å². The lowest BCUT2D eigenvalue weighted by Crippen LogP contribution is -2.20. The van der Waals surface area contributed by atoms with E-state index in [2.05, 4.69) is 38.3 Å². The molecule has 0 saturated carbocycles. The van der Waals surface area contributed by atoms with Crippen LogP contribution in [0.5, 0.6) is 0 Å². The molecule has 17 heavy (non-hydrogen) atoms. The highest BCUT2D eigenvalue weighted by atomic mass is 79.9. The number of aliphatic hydroxyl groups excluding tert-OH is 1. The summed E-state index contributed by atoms with van der Waals surface area (Å²) in [6.07, 6.45) is 3.48. The third-order valence-corrected chi connectivity index (χ3v) is 3.24. The first-order valence-corrected chi connectivity index (χ1v) is 6.42. The summed E-state index contributed by atoms with van der Waals surface area (Å²) in [7, 11) is 0. The van der Waals surface area contributed by atoms with Crippen LogP contribution in [0.15, 0.2) is 22.8 Å². The molecule has 0 amide bonds. The zero-order chi connectivity index (χ0) is 12.3. The van der Waals surface area contributed by atoms with E-state index >= 15 is 0 Å². The van der Waals surface area contributed by atoms with Crippen molar-refractivity contribution < 1.29 is 5.11 Å². The number of anilines is 1. The van der Waals surface area contributed by atoms with Gasteiger partial charge in [-0.25, -0.2) is 4.52 Å². The third-order valence-electron chi connectivity index (χ3n) is 2.62. The van der Waals surface area contributed by atoms with Gasteiger partial charge in [0.2, 0.25) is 5.95 Å². The van der Waals surface area contributed by atoms with Crippen LogP contribution in [-0.2, 0) is 0 Å². The van der Waals surface area contributed by atoms with Crippen LogP contribution < -0.4 is 5.32 Å². The number of halogens is 1. The maximum Gasteiger partial charge on any atom is 0.243 e. The largest absolute Gasteiger partial charge is 0.396 e. The third kappa shape index (κ3) is 2.76. The van der Waals surface area contributed by atoms with E-state index in [-0.39, 0.29) is 12.6 Å². The zero-order valence-corrected chi connectivity index (χ0v) is 11.2. The van der Waals surface area contributed by atoms with Gasteiger partial charge in [0.15, 0.2) is 5.65 Å². The predicted octanol–water partition coefficient (Wildman–Crippen LogP) is 2.06. The van der Waals surface area contributed by atoms with Crippen molar-refractivity contribution in [2.24, 2.45) is 0 Å². The van der Waals surface area contributed by atoms with Crippen LogP contribution >= 0.6 is 15.9 Å². The van der Waals surface area contributed by atoms with Gasteiger partial charge in [-0.1, -0.05) is 6.92 Å². The van der Waals surface area contributed by atoms with Gasteiger partial charge in [-0.05, 0) is 40.9 Å². The number of rotatable bonds is 5. The summed E-state index contributed by atoms with van der Waals surface area (Å²) < 4.78 is 2.63. The molecule has 0 aliphatic carbocycles. The Morgan fingerprint density at radius 1 is 1.59 bits per heavy atom. The number of aliphatic hydroxyl groups is 1. The average Bonchev–Trinajstić information content (AvgIpc) is 2.72. The quantitative estimate of drug-likeness (QED) is 0.887. The Morgan fingerprint density at radius 3 is 3.06 bits per heavy atom. The molecule has 1 atom stereocenters. The second kappa shape index (κ2) is 5.46. The summed E-state index contributed by atoms with van der Waals surface area (Å²) in [6.45, 7) is 2.24. The van der Waals surface area contributed by atoms with Crippen molar-refractivity contribution in [1.29, 1.82) is 0 Å². The van der Waals surface area contributed by atoms with Crippen LogP contribution in [-0.4, -0.2) is 32.4 Å². The molecule has 2 heterocycles. The van der Waals surface area contributed by atoms with E-state index in [0.717, 1.165) is 16.5 Å². The molecule has 92 valence electrons. The molecule has 6 heteroatoms. The Balaban J connectivity index is 2.21. The van der Waals surface area contributed by atoms with E-state index in [1.807, 2.05) is 18.3 Å². The molecule has 0 bridgehead atoms. The van der Waals surface area contributed by atoms with E-state index in [1.54, 1.807) is 4.52 Å². The molecule has 0 radical (unpaired) electrons. The molecule has 0 fully saturated rings. The summed E-state index contributed by atoms with van der Waals surface area (Å²) in [4.78, 5) is 4.39. The minimum atomic E-state index is 0.169. The van der Waals surface area contributed by atoms with Gasteiger partial charge in [-0.3, -0.25) is 0 Å². The van der Waals surface area contributed by atoms with Crippen LogP contribution in [0.3, 0.4) is 0 Å². The topological polar surface area (TPSA) is 62.5 Å². The Morgan fingerprint density at radius 2 is 2.41 bits per heavy atom. The molecule has 2 aromatic rings. The number of nitrogens with one attached hydrogen (secondary N) is 1. The van der Waals surface area contributed by atoms with Gasteiger partial charge in [-0.2, -0.15) is 4.98 Å². The highest BCUT2D eigenvalue weighted by molar-refractivity contribution is 9.10. The lowest BCUT2D eigenvalue weighted by molar-refractivity contribution is 0.278. The number of nitrogens with zero attached hydrogens (tertiary/aromatic N) is 3. The molecular weight excluding hydrogens is 284 g/mol. The standard InChI is InChI=1S/C11H15BrN4O/c1-2-8(5-7-17)13-11-14-10-9(12)4-3-6-16(10)15-11/h3-4,6,8,17H,2,5,7H2,1H3,(H,13,15). The van der Waals surface area contributed by atoms with Crippen molar-refractivity contribution in [3.63, 3.8) is 0 Å². The highest BCUT2D eigenvalue weighted by Gasteiger charge is 2.10. The van der Waals surface area contributed by atoms with Crippen molar-refractivity contribution >= 4 is 27.5 Å². The molecule has 0 aliphatic rings. The average molecular weight is 299 g/mol. The first-order valence-electron chi connectivity index (χ1n) is 5.63. The fourth-order valence-electron chi connectivity index (χ4n) is 1.65. The minimum absolute atomic E-state index is 0.169. The van der Waals surface area contributed by atoms with Gasteiger partial charge >= 0.3 is 0 Å². The van der Waals surface area contributed by atoms with E-state index in [0.29, 0.717) is 12.4 Å². The molecule has 2 aromatic heterocycles. The van der Waals surface area contributed by atoms with Gasteiger partial charge in [0.25, 0.3) is 0 Å². The summed E-state index contributed by atoms with van der Waals surface area (Å²) >= 11 is 3.43. The fourth-order valence-corrected chi connectivity index (χ4v) is 2.07. The Bertz CT molecular complexity index is 499. The molecule has 1 unspecified atom stereocenters. The Kier molecular flexibility index (Phi) is 3.96. The van der Waals surface area contributed by atoms with Gasteiger partial charge in [0.05, 0.1) is 4.47 Å². The lowest BCUT2D eigenvalue weighted by atomic mass is 10.2. The maximum atomic E-state index is 8.94. The van der Waals surface area contributed by atoms with E-state index in [1.165, 1.54) is 0 Å². The van der Waals surface area contributed by atoms with Gasteiger partial charge < -0.3 is 10.4 Å². The van der Waals surface area contributed by atoms with Crippen LogP contribution in [0.2, 0.25) is 0 Å². The Labute approximate surface area is 108 Å². The van der Waals surface area contributed by atoms with Crippen molar-refractivity contribution in [3.8, 4) is 0 Å². The van der Waals surface area contributed by atoms with Gasteiger partial charge in [0, 0.05) is 18.8 Å². The summed E-state index contributed by atoms with van der Waals surface area (Å²) in [5.74, 6) is 0.595. The SMILES string of the molecule is CCC(CCO)Nc1nc2c(Br)cccn2n1. The van der Waals surface area contributed by atoms with Crippen molar-refractivity contribution in [2.75, 3.05) is 11.9 Å². The fraction of sp³-hybridized carbons (Fsp3) is 0.455. The number of aromatic nitrogens is 3. The zero-order valence-electron chi connectivity index (χ0n) is 9.60. The number of hydrogen-bond acceptors (Lipinski definition) is 4. The van der Waals surface area contributed by atoms with Crippen LogP contribution in [0.4, 0.5) is 5.95 Å². The Hall–Kier alpha value is -1.14. The van der Waals surface area contributed by atoms with E-state index in [9.17, 15) is 0 Å². The molecule has 2 rings (SSSR count). The molecule has 0 saturated heterocycles. The van der Waals surface area contributed by atoms with Crippen molar-refractivity contribution in [2.45, 2.75) is 25.8 Å². The predicted molar refractivity (Wildman–Crippen MR) is 70.1 cm³/mol. The van der Waals surface area contributed by atoms with E-state index in [4.69, 9.17) is 5.11 Å².